The van der Waals surface area contributed by atoms with E-state index in [1.165, 1.54) is 0 Å². The highest BCUT2D eigenvalue weighted by atomic mass is 16.6. The van der Waals surface area contributed by atoms with Gasteiger partial charge in [-0.05, 0) is 41.5 Å². The molecule has 0 aromatic carbocycles. The van der Waals surface area contributed by atoms with E-state index in [0.717, 1.165) is 0 Å². The van der Waals surface area contributed by atoms with Crippen LogP contribution >= 0.6 is 0 Å². The maximum absolute atomic E-state index is 11.7. The Morgan fingerprint density at radius 1 is 0.913 bits per heavy atom. The lowest BCUT2D eigenvalue weighted by Crippen LogP contribution is -2.45. The highest BCUT2D eigenvalue weighted by Crippen LogP contribution is 2.09. The third-order valence-corrected chi connectivity index (χ3v) is 2.24. The standard InChI is InChI=1S/C15H29N3O5/c1-14(2,3)22-11(19)9-10(16)12(20)17-7-8-18-13(21)23-15(4,5)6/h10H,7-9,16H2,1-6H3,(H,17,20)(H,18,21)/t10-/m0/s1. The second-order valence-corrected chi connectivity index (χ2v) is 7.12. The number of amides is 2. The molecule has 23 heavy (non-hydrogen) atoms. The van der Waals surface area contributed by atoms with E-state index in [-0.39, 0.29) is 19.5 Å². The molecule has 0 aromatic heterocycles. The molecular formula is C15H29N3O5. The maximum Gasteiger partial charge on any atom is 0.407 e. The first-order valence-electron chi connectivity index (χ1n) is 7.52. The third kappa shape index (κ3) is 12.4. The molecular weight excluding hydrogens is 302 g/mol. The van der Waals surface area contributed by atoms with Crippen LogP contribution in [-0.4, -0.2) is 48.3 Å². The number of hydrogen-bond acceptors (Lipinski definition) is 6. The molecule has 8 nitrogen and oxygen atoms in total. The molecule has 0 heterocycles. The van der Waals surface area contributed by atoms with Gasteiger partial charge in [-0.15, -0.1) is 0 Å². The molecule has 0 saturated carbocycles. The fraction of sp³-hybridized carbons (Fsp3) is 0.800. The summed E-state index contributed by atoms with van der Waals surface area (Å²) in [5.74, 6) is -1.02. The maximum atomic E-state index is 11.7. The molecule has 4 N–H and O–H groups in total. The molecule has 1 atom stereocenters. The molecule has 0 bridgehead atoms. The van der Waals surface area contributed by atoms with Crippen molar-refractivity contribution in [2.24, 2.45) is 5.73 Å². The van der Waals surface area contributed by atoms with Gasteiger partial charge in [0, 0.05) is 13.1 Å². The number of esters is 1. The summed E-state index contributed by atoms with van der Waals surface area (Å²) in [7, 11) is 0. The van der Waals surface area contributed by atoms with Crippen molar-refractivity contribution in [3.8, 4) is 0 Å². The van der Waals surface area contributed by atoms with Crippen LogP contribution in [-0.2, 0) is 19.1 Å². The van der Waals surface area contributed by atoms with E-state index in [9.17, 15) is 14.4 Å². The first-order valence-corrected chi connectivity index (χ1v) is 7.52. The molecule has 0 rings (SSSR count). The van der Waals surface area contributed by atoms with Gasteiger partial charge in [0.1, 0.15) is 11.2 Å². The lowest BCUT2D eigenvalue weighted by Gasteiger charge is -2.21. The minimum Gasteiger partial charge on any atom is -0.460 e. The van der Waals surface area contributed by atoms with Crippen LogP contribution in [0.3, 0.4) is 0 Å². The van der Waals surface area contributed by atoms with Crippen LogP contribution in [0.1, 0.15) is 48.0 Å². The predicted molar refractivity (Wildman–Crippen MR) is 85.7 cm³/mol. The highest BCUT2D eigenvalue weighted by Gasteiger charge is 2.22. The quantitative estimate of drug-likeness (QED) is 0.486. The molecule has 0 radical (unpaired) electrons. The van der Waals surface area contributed by atoms with Gasteiger partial charge in [-0.2, -0.15) is 0 Å². The summed E-state index contributed by atoms with van der Waals surface area (Å²) in [6.07, 6.45) is -0.771. The summed E-state index contributed by atoms with van der Waals surface area (Å²) in [5.41, 5.74) is 4.44. The van der Waals surface area contributed by atoms with Crippen molar-refractivity contribution in [1.29, 1.82) is 0 Å². The number of carbonyl (C=O) groups excluding carboxylic acids is 3. The molecule has 0 unspecified atom stereocenters. The van der Waals surface area contributed by atoms with Crippen LogP contribution in [0, 0.1) is 0 Å². The fourth-order valence-electron chi connectivity index (χ4n) is 1.45. The number of carbonyl (C=O) groups is 3. The van der Waals surface area contributed by atoms with Gasteiger partial charge in [0.2, 0.25) is 5.91 Å². The zero-order chi connectivity index (χ0) is 18.3. The predicted octanol–water partition coefficient (Wildman–Crippen LogP) is 0.686. The summed E-state index contributed by atoms with van der Waals surface area (Å²) in [4.78, 5) is 34.7. The van der Waals surface area contributed by atoms with Crippen LogP contribution in [0.15, 0.2) is 0 Å². The van der Waals surface area contributed by atoms with Crippen LogP contribution in [0.5, 0.6) is 0 Å². The van der Waals surface area contributed by atoms with Crippen molar-refractivity contribution >= 4 is 18.0 Å². The van der Waals surface area contributed by atoms with Gasteiger partial charge < -0.3 is 25.8 Å². The smallest absolute Gasteiger partial charge is 0.407 e. The van der Waals surface area contributed by atoms with E-state index >= 15 is 0 Å². The number of nitrogens with two attached hydrogens (primary N) is 1. The Kier molecular flexibility index (Phi) is 8.02. The summed E-state index contributed by atoms with van der Waals surface area (Å²) >= 11 is 0. The Bertz CT molecular complexity index is 424. The SMILES string of the molecule is CC(C)(C)OC(=O)C[C@H](N)C(=O)NCCNC(=O)OC(C)(C)C. The van der Waals surface area contributed by atoms with Gasteiger partial charge in [0.15, 0.2) is 0 Å². The van der Waals surface area contributed by atoms with E-state index < -0.39 is 35.2 Å². The molecule has 8 heteroatoms. The molecule has 0 saturated heterocycles. The van der Waals surface area contributed by atoms with E-state index in [2.05, 4.69) is 10.6 Å². The number of rotatable bonds is 6. The molecule has 2 amide bonds. The van der Waals surface area contributed by atoms with Crippen molar-refractivity contribution in [2.75, 3.05) is 13.1 Å². The van der Waals surface area contributed by atoms with Crippen molar-refractivity contribution in [3.63, 3.8) is 0 Å². The summed E-state index contributed by atoms with van der Waals surface area (Å²) < 4.78 is 10.1. The average molecular weight is 331 g/mol. The van der Waals surface area contributed by atoms with E-state index in [0.29, 0.717) is 0 Å². The van der Waals surface area contributed by atoms with Crippen LogP contribution in [0.2, 0.25) is 0 Å². The summed E-state index contributed by atoms with van der Waals surface area (Å²) in [6, 6.07) is -0.994. The van der Waals surface area contributed by atoms with E-state index in [4.69, 9.17) is 15.2 Å². The first kappa shape index (κ1) is 21.2. The van der Waals surface area contributed by atoms with Gasteiger partial charge in [-0.1, -0.05) is 0 Å². The molecule has 134 valence electrons. The monoisotopic (exact) mass is 331 g/mol. The largest absolute Gasteiger partial charge is 0.460 e. The van der Waals surface area contributed by atoms with Gasteiger partial charge in [0.05, 0.1) is 12.5 Å². The zero-order valence-corrected chi connectivity index (χ0v) is 14.8. The fourth-order valence-corrected chi connectivity index (χ4v) is 1.45. The van der Waals surface area contributed by atoms with Crippen molar-refractivity contribution in [3.05, 3.63) is 0 Å². The summed E-state index contributed by atoms with van der Waals surface area (Å²) in [6.45, 7) is 10.8. The second kappa shape index (κ2) is 8.71. The van der Waals surface area contributed by atoms with Crippen molar-refractivity contribution in [1.82, 2.24) is 10.6 Å². The average Bonchev–Trinajstić information content (AvgIpc) is 2.29. The lowest BCUT2D eigenvalue weighted by molar-refractivity contribution is -0.156. The van der Waals surface area contributed by atoms with E-state index in [1.54, 1.807) is 41.5 Å². The lowest BCUT2D eigenvalue weighted by atomic mass is 10.1. The molecule has 0 aliphatic rings. The Labute approximate surface area is 137 Å². The van der Waals surface area contributed by atoms with Crippen LogP contribution < -0.4 is 16.4 Å². The topological polar surface area (TPSA) is 120 Å². The van der Waals surface area contributed by atoms with Crippen molar-refractivity contribution in [2.45, 2.75) is 65.2 Å². The van der Waals surface area contributed by atoms with Crippen LogP contribution in [0.25, 0.3) is 0 Å². The zero-order valence-electron chi connectivity index (χ0n) is 14.8. The van der Waals surface area contributed by atoms with Gasteiger partial charge in [0.25, 0.3) is 0 Å². The third-order valence-electron chi connectivity index (χ3n) is 2.24. The number of ether oxygens (including phenoxy) is 2. The van der Waals surface area contributed by atoms with Gasteiger partial charge >= 0.3 is 12.1 Å². The number of hydrogen-bond donors (Lipinski definition) is 3. The van der Waals surface area contributed by atoms with Gasteiger partial charge in [-0.3, -0.25) is 9.59 Å². The molecule has 0 aliphatic heterocycles. The first-order chi connectivity index (χ1) is 10.3. The minimum absolute atomic E-state index is 0.181. The van der Waals surface area contributed by atoms with E-state index in [1.807, 2.05) is 0 Å². The highest BCUT2D eigenvalue weighted by molar-refractivity contribution is 5.86. The second-order valence-electron chi connectivity index (χ2n) is 7.12. The molecule has 0 aromatic rings. The Hall–Kier alpha value is -1.83. The Balaban J connectivity index is 3.98. The number of nitrogens with one attached hydrogen (secondary N) is 2. The normalized spacial score (nSPS) is 13.0. The van der Waals surface area contributed by atoms with Gasteiger partial charge in [-0.25, -0.2) is 4.79 Å². The molecule has 0 aliphatic carbocycles. The summed E-state index contributed by atoms with van der Waals surface area (Å²) in [5, 5.41) is 5.02. The number of alkyl carbamates (subject to hydrolysis) is 1. The Morgan fingerprint density at radius 3 is 1.87 bits per heavy atom. The Morgan fingerprint density at radius 2 is 1.39 bits per heavy atom. The minimum atomic E-state index is -0.994. The van der Waals surface area contributed by atoms with Crippen LogP contribution in [0.4, 0.5) is 4.79 Å². The molecule has 0 spiro atoms. The van der Waals surface area contributed by atoms with Crippen molar-refractivity contribution < 1.29 is 23.9 Å². The molecule has 0 fully saturated rings.